The van der Waals surface area contributed by atoms with E-state index in [-0.39, 0.29) is 0 Å². The highest BCUT2D eigenvalue weighted by Crippen LogP contribution is 2.18. The summed E-state index contributed by atoms with van der Waals surface area (Å²) >= 11 is 0. The van der Waals surface area contributed by atoms with Crippen LogP contribution < -0.4 is 10.6 Å². The highest BCUT2D eigenvalue weighted by Gasteiger charge is 2.19. The van der Waals surface area contributed by atoms with E-state index >= 15 is 0 Å². The first kappa shape index (κ1) is 11.5. The van der Waals surface area contributed by atoms with E-state index < -0.39 is 0 Å². The Kier molecular flexibility index (Phi) is 4.23. The fraction of sp³-hybridized carbons (Fsp3) is 0.571. The number of benzene rings is 1. The van der Waals surface area contributed by atoms with Crippen LogP contribution in [0.5, 0.6) is 0 Å². The molecule has 1 aliphatic rings. The normalized spacial score (nSPS) is 15.1. The Morgan fingerprint density at radius 2 is 1.88 bits per heavy atom. The number of nitrogens with one attached hydrogen (secondary N) is 2. The summed E-state index contributed by atoms with van der Waals surface area (Å²) in [4.78, 5) is 0. The van der Waals surface area contributed by atoms with Gasteiger partial charge in [0.1, 0.15) is 0 Å². The van der Waals surface area contributed by atoms with Gasteiger partial charge in [-0.1, -0.05) is 25.5 Å². The standard InChI is InChI=1S/C14H22N2/c1-2-3-12-4-6-13(7-5-12)15-10-11-16-14-8-9-14/h4-7,14-16H,2-3,8-11H2,1H3. The highest BCUT2D eigenvalue weighted by molar-refractivity contribution is 5.44. The average Bonchev–Trinajstić information content (AvgIpc) is 3.11. The summed E-state index contributed by atoms with van der Waals surface area (Å²) in [6, 6.07) is 9.62. The third-order valence-electron chi connectivity index (χ3n) is 2.96. The molecule has 2 nitrogen and oxygen atoms in total. The summed E-state index contributed by atoms with van der Waals surface area (Å²) in [5.41, 5.74) is 2.67. The first-order valence-electron chi connectivity index (χ1n) is 6.44. The molecule has 1 saturated carbocycles. The lowest BCUT2D eigenvalue weighted by atomic mass is 10.1. The molecule has 0 aromatic heterocycles. The smallest absolute Gasteiger partial charge is 0.0340 e. The first-order valence-corrected chi connectivity index (χ1v) is 6.44. The van der Waals surface area contributed by atoms with Gasteiger partial charge in [-0.15, -0.1) is 0 Å². The van der Waals surface area contributed by atoms with Gasteiger partial charge in [-0.05, 0) is 37.0 Å². The van der Waals surface area contributed by atoms with Gasteiger partial charge in [0.25, 0.3) is 0 Å². The third kappa shape index (κ3) is 3.86. The molecule has 0 bridgehead atoms. The van der Waals surface area contributed by atoms with Crippen molar-refractivity contribution in [2.45, 2.75) is 38.6 Å². The van der Waals surface area contributed by atoms with Crippen LogP contribution in [0.4, 0.5) is 5.69 Å². The number of hydrogen-bond donors (Lipinski definition) is 2. The van der Waals surface area contributed by atoms with Crippen molar-refractivity contribution in [1.82, 2.24) is 5.32 Å². The van der Waals surface area contributed by atoms with Gasteiger partial charge in [-0.25, -0.2) is 0 Å². The van der Waals surface area contributed by atoms with Crippen molar-refractivity contribution in [3.05, 3.63) is 29.8 Å². The zero-order valence-electron chi connectivity index (χ0n) is 10.1. The van der Waals surface area contributed by atoms with Crippen molar-refractivity contribution >= 4 is 5.69 Å². The molecule has 88 valence electrons. The zero-order valence-corrected chi connectivity index (χ0v) is 10.1. The van der Waals surface area contributed by atoms with Crippen molar-refractivity contribution in [3.63, 3.8) is 0 Å². The van der Waals surface area contributed by atoms with Gasteiger partial charge < -0.3 is 10.6 Å². The molecule has 0 unspecified atom stereocenters. The Labute approximate surface area is 98.4 Å². The Morgan fingerprint density at radius 1 is 1.12 bits per heavy atom. The molecule has 0 heterocycles. The van der Waals surface area contributed by atoms with Crippen LogP contribution in [0.2, 0.25) is 0 Å². The summed E-state index contributed by atoms with van der Waals surface area (Å²) in [6.07, 6.45) is 5.14. The minimum atomic E-state index is 0.814. The second-order valence-corrected chi connectivity index (χ2v) is 4.60. The van der Waals surface area contributed by atoms with E-state index in [0.717, 1.165) is 19.1 Å². The molecule has 0 amide bonds. The minimum absolute atomic E-state index is 0.814. The molecule has 16 heavy (non-hydrogen) atoms. The maximum atomic E-state index is 3.50. The second-order valence-electron chi connectivity index (χ2n) is 4.60. The second kappa shape index (κ2) is 5.90. The van der Waals surface area contributed by atoms with E-state index in [0.29, 0.717) is 0 Å². The number of rotatable bonds is 7. The molecule has 1 fully saturated rings. The van der Waals surface area contributed by atoms with Crippen LogP contribution in [0, 0.1) is 0 Å². The summed E-state index contributed by atoms with van der Waals surface area (Å²) < 4.78 is 0. The SMILES string of the molecule is CCCc1ccc(NCCNC2CC2)cc1. The molecule has 0 spiro atoms. The first-order chi connectivity index (χ1) is 7.88. The summed E-state index contributed by atoms with van der Waals surface area (Å²) in [5, 5.41) is 6.93. The van der Waals surface area contributed by atoms with E-state index in [1.807, 2.05) is 0 Å². The predicted molar refractivity (Wildman–Crippen MR) is 70.0 cm³/mol. The molecule has 2 heteroatoms. The van der Waals surface area contributed by atoms with E-state index in [4.69, 9.17) is 0 Å². The molecule has 2 rings (SSSR count). The molecule has 1 aromatic rings. The lowest BCUT2D eigenvalue weighted by molar-refractivity contribution is 0.701. The molecule has 0 aliphatic heterocycles. The zero-order chi connectivity index (χ0) is 11.2. The van der Waals surface area contributed by atoms with Gasteiger partial charge in [-0.3, -0.25) is 0 Å². The van der Waals surface area contributed by atoms with Crippen molar-refractivity contribution in [1.29, 1.82) is 0 Å². The number of aryl methyl sites for hydroxylation is 1. The van der Waals surface area contributed by atoms with E-state index in [9.17, 15) is 0 Å². The van der Waals surface area contributed by atoms with Gasteiger partial charge >= 0.3 is 0 Å². The molecule has 0 radical (unpaired) electrons. The van der Waals surface area contributed by atoms with Gasteiger partial charge in [0, 0.05) is 24.8 Å². The molecule has 1 aliphatic carbocycles. The van der Waals surface area contributed by atoms with Crippen LogP contribution in [0.15, 0.2) is 24.3 Å². The number of anilines is 1. The summed E-state index contributed by atoms with van der Waals surface area (Å²) in [7, 11) is 0. The van der Waals surface area contributed by atoms with Crippen molar-refractivity contribution in [2.75, 3.05) is 18.4 Å². The molecular weight excluding hydrogens is 196 g/mol. The van der Waals surface area contributed by atoms with Gasteiger partial charge in [0.2, 0.25) is 0 Å². The van der Waals surface area contributed by atoms with E-state index in [2.05, 4.69) is 41.8 Å². The lowest BCUT2D eigenvalue weighted by Crippen LogP contribution is -2.23. The molecule has 0 saturated heterocycles. The van der Waals surface area contributed by atoms with Gasteiger partial charge in [0.15, 0.2) is 0 Å². The molecule has 2 N–H and O–H groups in total. The van der Waals surface area contributed by atoms with Gasteiger partial charge in [-0.2, -0.15) is 0 Å². The van der Waals surface area contributed by atoms with Crippen LogP contribution >= 0.6 is 0 Å². The Morgan fingerprint density at radius 3 is 2.50 bits per heavy atom. The third-order valence-corrected chi connectivity index (χ3v) is 2.96. The van der Waals surface area contributed by atoms with Crippen molar-refractivity contribution < 1.29 is 0 Å². The fourth-order valence-electron chi connectivity index (χ4n) is 1.85. The Balaban J connectivity index is 1.67. The molecule has 1 aromatic carbocycles. The topological polar surface area (TPSA) is 24.1 Å². The van der Waals surface area contributed by atoms with Gasteiger partial charge in [0.05, 0.1) is 0 Å². The van der Waals surface area contributed by atoms with Crippen molar-refractivity contribution in [3.8, 4) is 0 Å². The van der Waals surface area contributed by atoms with E-state index in [1.165, 1.54) is 36.9 Å². The summed E-state index contributed by atoms with van der Waals surface area (Å²) in [5.74, 6) is 0. The van der Waals surface area contributed by atoms with Crippen LogP contribution in [0.25, 0.3) is 0 Å². The monoisotopic (exact) mass is 218 g/mol. The largest absolute Gasteiger partial charge is 0.384 e. The van der Waals surface area contributed by atoms with Crippen LogP contribution in [0.1, 0.15) is 31.7 Å². The van der Waals surface area contributed by atoms with Crippen LogP contribution in [-0.4, -0.2) is 19.1 Å². The predicted octanol–water partition coefficient (Wildman–Crippen LogP) is 2.80. The van der Waals surface area contributed by atoms with Crippen molar-refractivity contribution in [2.24, 2.45) is 0 Å². The fourth-order valence-corrected chi connectivity index (χ4v) is 1.85. The van der Waals surface area contributed by atoms with Crippen LogP contribution in [-0.2, 0) is 6.42 Å². The highest BCUT2D eigenvalue weighted by atomic mass is 15.0. The molecule has 0 atom stereocenters. The lowest BCUT2D eigenvalue weighted by Gasteiger charge is -2.07. The minimum Gasteiger partial charge on any atom is -0.384 e. The summed E-state index contributed by atoms with van der Waals surface area (Å²) in [6.45, 7) is 4.31. The quantitative estimate of drug-likeness (QED) is 0.688. The number of hydrogen-bond acceptors (Lipinski definition) is 2. The van der Waals surface area contributed by atoms with Crippen LogP contribution in [0.3, 0.4) is 0 Å². The average molecular weight is 218 g/mol. The molecular formula is C14H22N2. The Bertz CT molecular complexity index is 301. The maximum absolute atomic E-state index is 3.50. The Hall–Kier alpha value is -1.02. The maximum Gasteiger partial charge on any atom is 0.0340 e. The van der Waals surface area contributed by atoms with E-state index in [1.54, 1.807) is 0 Å².